The lowest BCUT2D eigenvalue weighted by Gasteiger charge is -2.41. The van der Waals surface area contributed by atoms with E-state index in [-0.39, 0.29) is 6.42 Å². The van der Waals surface area contributed by atoms with Gasteiger partial charge in [-0.25, -0.2) is 0 Å². The number of aliphatic hydroxyl groups excluding tert-OH is 8. The molecule has 136 valence electrons. The number of ether oxygens (including phenoxy) is 2. The molecule has 2 saturated heterocycles. The molecule has 10 atom stereocenters. The Kier molecular flexibility index (Phi) is 6.30. The van der Waals surface area contributed by atoms with Gasteiger partial charge in [0, 0.05) is 6.42 Å². The summed E-state index contributed by atoms with van der Waals surface area (Å²) >= 11 is 0. The van der Waals surface area contributed by atoms with Crippen LogP contribution < -0.4 is 0 Å². The first-order valence-corrected chi connectivity index (χ1v) is 7.42. The molecule has 2 rings (SSSR count). The van der Waals surface area contributed by atoms with Gasteiger partial charge >= 0.3 is 0 Å². The van der Waals surface area contributed by atoms with E-state index in [1.807, 2.05) is 0 Å². The molecular formula is C13H24O10. The lowest BCUT2D eigenvalue weighted by molar-refractivity contribution is -0.236. The molecule has 0 bridgehead atoms. The Hall–Kier alpha value is -0.400. The van der Waals surface area contributed by atoms with Crippen LogP contribution in [0.5, 0.6) is 0 Å². The van der Waals surface area contributed by atoms with Crippen molar-refractivity contribution in [1.29, 1.82) is 0 Å². The number of aliphatic hydroxyl groups is 8. The van der Waals surface area contributed by atoms with Gasteiger partial charge in [0.25, 0.3) is 0 Å². The quantitative estimate of drug-likeness (QED) is 0.241. The van der Waals surface area contributed by atoms with Crippen LogP contribution in [0.4, 0.5) is 0 Å². The van der Waals surface area contributed by atoms with E-state index in [0.29, 0.717) is 0 Å². The third-order valence-electron chi connectivity index (χ3n) is 4.42. The molecule has 0 aromatic carbocycles. The van der Waals surface area contributed by atoms with Crippen LogP contribution in [0.2, 0.25) is 0 Å². The first-order chi connectivity index (χ1) is 10.8. The van der Waals surface area contributed by atoms with Crippen molar-refractivity contribution >= 4 is 0 Å². The Morgan fingerprint density at radius 1 is 0.696 bits per heavy atom. The minimum absolute atomic E-state index is 0.158. The highest BCUT2D eigenvalue weighted by Crippen LogP contribution is 2.31. The van der Waals surface area contributed by atoms with E-state index >= 15 is 0 Å². The summed E-state index contributed by atoms with van der Waals surface area (Å²) in [5.41, 5.74) is 0. The summed E-state index contributed by atoms with van der Waals surface area (Å²) in [6.45, 7) is -1.24. The smallest absolute Gasteiger partial charge is 0.115 e. The van der Waals surface area contributed by atoms with Gasteiger partial charge in [0.05, 0.1) is 25.4 Å². The van der Waals surface area contributed by atoms with Gasteiger partial charge in [-0.2, -0.15) is 0 Å². The zero-order chi connectivity index (χ0) is 17.3. The molecule has 0 amide bonds. The molecule has 2 aliphatic rings. The van der Waals surface area contributed by atoms with Gasteiger partial charge in [-0.15, -0.1) is 0 Å². The van der Waals surface area contributed by atoms with E-state index in [2.05, 4.69) is 0 Å². The Balaban J connectivity index is 2.03. The maximum absolute atomic E-state index is 9.96. The van der Waals surface area contributed by atoms with Crippen LogP contribution in [-0.2, 0) is 9.47 Å². The van der Waals surface area contributed by atoms with E-state index in [1.54, 1.807) is 0 Å². The molecule has 0 aromatic heterocycles. The van der Waals surface area contributed by atoms with Gasteiger partial charge < -0.3 is 50.3 Å². The molecule has 0 spiro atoms. The lowest BCUT2D eigenvalue weighted by Crippen LogP contribution is -2.59. The van der Waals surface area contributed by atoms with Gasteiger partial charge in [-0.3, -0.25) is 0 Å². The molecule has 23 heavy (non-hydrogen) atoms. The molecule has 0 aromatic rings. The summed E-state index contributed by atoms with van der Waals surface area (Å²) in [5, 5.41) is 76.7. The molecular weight excluding hydrogens is 316 g/mol. The highest BCUT2D eigenvalue weighted by Gasteiger charge is 2.50. The third-order valence-corrected chi connectivity index (χ3v) is 4.42. The molecule has 10 nitrogen and oxygen atoms in total. The van der Waals surface area contributed by atoms with E-state index in [9.17, 15) is 30.6 Å². The highest BCUT2D eigenvalue weighted by atomic mass is 16.6. The zero-order valence-corrected chi connectivity index (χ0v) is 12.3. The molecule has 0 aliphatic carbocycles. The topological polar surface area (TPSA) is 180 Å². The maximum Gasteiger partial charge on any atom is 0.115 e. The van der Waals surface area contributed by atoms with Crippen molar-refractivity contribution in [3.63, 3.8) is 0 Å². The van der Waals surface area contributed by atoms with Crippen LogP contribution in [0.1, 0.15) is 6.42 Å². The Morgan fingerprint density at radius 3 is 1.78 bits per heavy atom. The fourth-order valence-electron chi connectivity index (χ4n) is 3.00. The average molecular weight is 340 g/mol. The highest BCUT2D eigenvalue weighted by molar-refractivity contribution is 4.98. The van der Waals surface area contributed by atoms with Crippen molar-refractivity contribution in [2.75, 3.05) is 13.2 Å². The van der Waals surface area contributed by atoms with Crippen LogP contribution in [-0.4, -0.2) is 115 Å². The van der Waals surface area contributed by atoms with Gasteiger partial charge in [-0.05, 0) is 0 Å². The predicted octanol–water partition coefficient (Wildman–Crippen LogP) is -4.94. The lowest BCUT2D eigenvalue weighted by atomic mass is 9.91. The molecule has 0 saturated carbocycles. The fraction of sp³-hybridized carbons (Fsp3) is 1.00. The van der Waals surface area contributed by atoms with E-state index in [1.165, 1.54) is 0 Å². The summed E-state index contributed by atoms with van der Waals surface area (Å²) in [4.78, 5) is 0. The molecule has 0 radical (unpaired) electrons. The van der Waals surface area contributed by atoms with Gasteiger partial charge in [0.2, 0.25) is 0 Å². The number of hydrogen-bond acceptors (Lipinski definition) is 10. The van der Waals surface area contributed by atoms with Crippen LogP contribution >= 0.6 is 0 Å². The first-order valence-electron chi connectivity index (χ1n) is 7.42. The fourth-order valence-corrected chi connectivity index (χ4v) is 3.00. The molecule has 2 fully saturated rings. The van der Waals surface area contributed by atoms with Crippen LogP contribution in [0.3, 0.4) is 0 Å². The van der Waals surface area contributed by atoms with Crippen LogP contribution in [0, 0.1) is 0 Å². The second kappa shape index (κ2) is 7.66. The number of rotatable bonds is 5. The zero-order valence-electron chi connectivity index (χ0n) is 12.3. The van der Waals surface area contributed by atoms with Crippen molar-refractivity contribution in [2.45, 2.75) is 67.5 Å². The second-order valence-corrected chi connectivity index (χ2v) is 5.97. The Morgan fingerprint density at radius 2 is 1.22 bits per heavy atom. The van der Waals surface area contributed by atoms with Crippen molar-refractivity contribution in [1.82, 2.24) is 0 Å². The summed E-state index contributed by atoms with van der Waals surface area (Å²) in [6.07, 6.45) is -13.3. The summed E-state index contributed by atoms with van der Waals surface area (Å²) in [6, 6.07) is 0. The molecule has 2 heterocycles. The Bertz CT molecular complexity index is 380. The average Bonchev–Trinajstić information content (AvgIpc) is 2.83. The van der Waals surface area contributed by atoms with Gasteiger partial charge in [0.15, 0.2) is 0 Å². The first kappa shape index (κ1) is 18.9. The second-order valence-electron chi connectivity index (χ2n) is 5.97. The van der Waals surface area contributed by atoms with E-state index < -0.39 is 74.3 Å². The molecule has 2 aliphatic heterocycles. The van der Waals surface area contributed by atoms with Crippen molar-refractivity contribution in [3.05, 3.63) is 0 Å². The van der Waals surface area contributed by atoms with E-state index in [0.717, 1.165) is 0 Å². The normalized spacial score (nSPS) is 49.3. The standard InChI is InChI=1S/C13H24O10/c14-2-4(16)13-12(21)9(18)6(23-13)1-5-8(17)11(20)10(19)7(3-15)22-5/h4-21H,1-3H2/t4-,5+,6+,7-,8+,9+,10-,11-,12-,13-/m1/s1. The third kappa shape index (κ3) is 3.66. The van der Waals surface area contributed by atoms with E-state index in [4.69, 9.17) is 19.7 Å². The van der Waals surface area contributed by atoms with Gasteiger partial charge in [-0.1, -0.05) is 0 Å². The maximum atomic E-state index is 9.96. The molecule has 8 N–H and O–H groups in total. The van der Waals surface area contributed by atoms with Crippen molar-refractivity contribution in [3.8, 4) is 0 Å². The molecule has 10 heteroatoms. The number of hydrogen-bond donors (Lipinski definition) is 8. The van der Waals surface area contributed by atoms with Crippen molar-refractivity contribution in [2.24, 2.45) is 0 Å². The Labute approximate surface area is 132 Å². The minimum Gasteiger partial charge on any atom is -0.394 e. The van der Waals surface area contributed by atoms with Gasteiger partial charge in [0.1, 0.15) is 48.8 Å². The largest absolute Gasteiger partial charge is 0.394 e. The monoisotopic (exact) mass is 340 g/mol. The minimum atomic E-state index is -1.55. The predicted molar refractivity (Wildman–Crippen MR) is 72.2 cm³/mol. The summed E-state index contributed by atoms with van der Waals surface area (Å²) in [5.74, 6) is 0. The SMILES string of the molecule is OC[C@@H](O)[C@H]1O[C@@H](C[C@@H]2O[C@H](CO)[C@@H](O)[C@H](O)[C@H]2O)[C@H](O)[C@H]1O. The summed E-state index contributed by atoms with van der Waals surface area (Å²) < 4.78 is 10.6. The van der Waals surface area contributed by atoms with Crippen LogP contribution in [0.25, 0.3) is 0 Å². The van der Waals surface area contributed by atoms with Crippen molar-refractivity contribution < 1.29 is 50.3 Å². The van der Waals surface area contributed by atoms with Crippen LogP contribution in [0.15, 0.2) is 0 Å². The summed E-state index contributed by atoms with van der Waals surface area (Å²) in [7, 11) is 0. The molecule has 0 unspecified atom stereocenters.